The maximum atomic E-state index is 5.95. The second-order valence-corrected chi connectivity index (χ2v) is 8.84. The van der Waals surface area contributed by atoms with Crippen LogP contribution in [0.4, 0.5) is 0 Å². The highest BCUT2D eigenvalue weighted by molar-refractivity contribution is 6.09. The highest BCUT2D eigenvalue weighted by Crippen LogP contribution is 2.34. The molecule has 3 heteroatoms. The Morgan fingerprint density at radius 2 is 1.53 bits per heavy atom. The van der Waals surface area contributed by atoms with Crippen molar-refractivity contribution in [2.24, 2.45) is 5.92 Å². The normalized spacial score (nSPS) is 11.8. The Balaban J connectivity index is 1.48. The molecule has 0 bridgehead atoms. The summed E-state index contributed by atoms with van der Waals surface area (Å²) in [6.07, 6.45) is 1.09. The van der Waals surface area contributed by atoms with Crippen molar-refractivity contribution in [3.8, 4) is 17.1 Å². The summed E-state index contributed by atoms with van der Waals surface area (Å²) in [5, 5.41) is 2.60. The largest absolute Gasteiger partial charge is 0.436 e. The van der Waals surface area contributed by atoms with Gasteiger partial charge < -0.3 is 8.98 Å². The summed E-state index contributed by atoms with van der Waals surface area (Å²) in [6.45, 7) is 4.54. The molecule has 0 saturated heterocycles. The predicted molar refractivity (Wildman–Crippen MR) is 132 cm³/mol. The number of fused-ring (bicyclic) bond motifs is 4. The lowest BCUT2D eigenvalue weighted by Gasteiger charge is -2.09. The molecule has 2 aromatic heterocycles. The molecule has 156 valence electrons. The Kier molecular flexibility index (Phi) is 4.36. The highest BCUT2D eigenvalue weighted by Gasteiger charge is 2.14. The van der Waals surface area contributed by atoms with Gasteiger partial charge in [0, 0.05) is 22.0 Å². The van der Waals surface area contributed by atoms with Gasteiger partial charge in [0.25, 0.3) is 0 Å². The molecule has 4 aromatic carbocycles. The molecule has 6 rings (SSSR count). The van der Waals surface area contributed by atoms with E-state index in [1.165, 1.54) is 27.4 Å². The zero-order valence-corrected chi connectivity index (χ0v) is 18.2. The summed E-state index contributed by atoms with van der Waals surface area (Å²) in [4.78, 5) is 4.64. The number of oxazole rings is 1. The molecule has 0 atom stereocenters. The molecule has 0 aliphatic carbocycles. The summed E-state index contributed by atoms with van der Waals surface area (Å²) in [5.41, 5.74) is 7.64. The Labute approximate surface area is 186 Å². The van der Waals surface area contributed by atoms with Gasteiger partial charge in [-0.2, -0.15) is 0 Å². The molecule has 32 heavy (non-hydrogen) atoms. The number of benzene rings is 4. The summed E-state index contributed by atoms with van der Waals surface area (Å²) >= 11 is 0. The van der Waals surface area contributed by atoms with E-state index < -0.39 is 0 Å². The molecule has 0 unspecified atom stereocenters. The Morgan fingerprint density at radius 1 is 0.781 bits per heavy atom. The van der Waals surface area contributed by atoms with Gasteiger partial charge in [0.15, 0.2) is 5.58 Å². The summed E-state index contributed by atoms with van der Waals surface area (Å²) in [5.74, 6) is 1.29. The van der Waals surface area contributed by atoms with Crippen LogP contribution in [0.1, 0.15) is 19.4 Å². The lowest BCUT2D eigenvalue weighted by atomic mass is 10.0. The number of hydrogen-bond donors (Lipinski definition) is 0. The van der Waals surface area contributed by atoms with Crippen LogP contribution in [0, 0.1) is 5.92 Å². The minimum absolute atomic E-state index is 0.639. The van der Waals surface area contributed by atoms with Gasteiger partial charge in [-0.25, -0.2) is 4.98 Å². The van der Waals surface area contributed by atoms with E-state index in [2.05, 4.69) is 90.1 Å². The maximum Gasteiger partial charge on any atom is 0.227 e. The first-order valence-electron chi connectivity index (χ1n) is 11.2. The zero-order chi connectivity index (χ0) is 21.7. The molecule has 0 aliphatic rings. The summed E-state index contributed by atoms with van der Waals surface area (Å²) in [7, 11) is 0. The number of nitrogens with zero attached hydrogens (tertiary/aromatic N) is 2. The summed E-state index contributed by atoms with van der Waals surface area (Å²) in [6, 6.07) is 31.9. The second kappa shape index (κ2) is 7.38. The predicted octanol–water partition coefficient (Wildman–Crippen LogP) is 7.79. The van der Waals surface area contributed by atoms with E-state index in [0.717, 1.165) is 28.8 Å². The average Bonchev–Trinajstić information content (AvgIpc) is 3.38. The quantitative estimate of drug-likeness (QED) is 0.294. The van der Waals surface area contributed by atoms with Crippen molar-refractivity contribution in [3.63, 3.8) is 0 Å². The zero-order valence-electron chi connectivity index (χ0n) is 18.2. The molecule has 0 N–H and O–H groups in total. The minimum atomic E-state index is 0.639. The van der Waals surface area contributed by atoms with E-state index in [4.69, 9.17) is 4.42 Å². The first-order chi connectivity index (χ1) is 15.7. The Bertz CT molecular complexity index is 1540. The highest BCUT2D eigenvalue weighted by atomic mass is 16.3. The fourth-order valence-electron chi connectivity index (χ4n) is 4.65. The third-order valence-electron chi connectivity index (χ3n) is 6.05. The fourth-order valence-corrected chi connectivity index (χ4v) is 4.65. The molecule has 0 saturated carbocycles. The first kappa shape index (κ1) is 18.9. The number of para-hydroxylation sites is 3. The van der Waals surface area contributed by atoms with E-state index in [1.807, 2.05) is 24.3 Å². The van der Waals surface area contributed by atoms with Crippen LogP contribution < -0.4 is 0 Å². The van der Waals surface area contributed by atoms with Crippen LogP contribution in [0.2, 0.25) is 0 Å². The van der Waals surface area contributed by atoms with Crippen LogP contribution in [0.15, 0.2) is 95.4 Å². The molecular weight excluding hydrogens is 392 g/mol. The first-order valence-corrected chi connectivity index (χ1v) is 11.2. The van der Waals surface area contributed by atoms with Gasteiger partial charge in [-0.3, -0.25) is 0 Å². The van der Waals surface area contributed by atoms with Crippen molar-refractivity contribution < 1.29 is 4.42 Å². The van der Waals surface area contributed by atoms with Crippen LogP contribution >= 0.6 is 0 Å². The van der Waals surface area contributed by atoms with Gasteiger partial charge in [-0.05, 0) is 72.5 Å². The van der Waals surface area contributed by atoms with Gasteiger partial charge in [-0.1, -0.05) is 50.2 Å². The van der Waals surface area contributed by atoms with Gasteiger partial charge >= 0.3 is 0 Å². The van der Waals surface area contributed by atoms with Crippen LogP contribution in [0.25, 0.3) is 50.0 Å². The Hall–Kier alpha value is -3.85. The summed E-state index contributed by atoms with van der Waals surface area (Å²) < 4.78 is 8.30. The molecule has 0 amide bonds. The smallest absolute Gasteiger partial charge is 0.227 e. The molecule has 3 nitrogen and oxygen atoms in total. The van der Waals surface area contributed by atoms with Gasteiger partial charge in [-0.15, -0.1) is 0 Å². The van der Waals surface area contributed by atoms with E-state index in [1.54, 1.807) is 0 Å². The van der Waals surface area contributed by atoms with E-state index >= 15 is 0 Å². The number of hydrogen-bond acceptors (Lipinski definition) is 2. The lowest BCUT2D eigenvalue weighted by molar-refractivity contribution is 0.620. The van der Waals surface area contributed by atoms with Crippen molar-refractivity contribution >= 4 is 32.9 Å². The van der Waals surface area contributed by atoms with Crippen LogP contribution in [0.3, 0.4) is 0 Å². The monoisotopic (exact) mass is 416 g/mol. The van der Waals surface area contributed by atoms with Crippen LogP contribution in [-0.2, 0) is 6.42 Å². The van der Waals surface area contributed by atoms with Crippen molar-refractivity contribution in [2.45, 2.75) is 20.3 Å². The van der Waals surface area contributed by atoms with Crippen molar-refractivity contribution in [1.82, 2.24) is 9.55 Å². The average molecular weight is 417 g/mol. The van der Waals surface area contributed by atoms with E-state index in [0.29, 0.717) is 11.8 Å². The van der Waals surface area contributed by atoms with Crippen molar-refractivity contribution in [2.75, 3.05) is 0 Å². The fraction of sp³-hybridized carbons (Fsp3) is 0.138. The van der Waals surface area contributed by atoms with E-state index in [-0.39, 0.29) is 0 Å². The molecule has 2 heterocycles. The molecule has 0 radical (unpaired) electrons. The third-order valence-corrected chi connectivity index (χ3v) is 6.05. The Morgan fingerprint density at radius 3 is 2.34 bits per heavy atom. The second-order valence-electron chi connectivity index (χ2n) is 8.84. The maximum absolute atomic E-state index is 5.95. The third kappa shape index (κ3) is 3.09. The SMILES string of the molecule is CC(C)Cc1ccc2c(c1)c1ccccc1n2-c1ccc(-c2nc3ccccc3o2)cc1. The molecule has 0 aliphatic heterocycles. The molecule has 0 spiro atoms. The molecule has 0 fully saturated rings. The van der Waals surface area contributed by atoms with Crippen molar-refractivity contribution in [3.05, 3.63) is 96.6 Å². The van der Waals surface area contributed by atoms with Crippen molar-refractivity contribution in [1.29, 1.82) is 0 Å². The van der Waals surface area contributed by atoms with Gasteiger partial charge in [0.05, 0.1) is 11.0 Å². The number of rotatable bonds is 4. The minimum Gasteiger partial charge on any atom is -0.436 e. The van der Waals surface area contributed by atoms with Crippen LogP contribution in [0.5, 0.6) is 0 Å². The molecular formula is C29H24N2O. The van der Waals surface area contributed by atoms with Crippen LogP contribution in [-0.4, -0.2) is 9.55 Å². The van der Waals surface area contributed by atoms with Gasteiger partial charge in [0.2, 0.25) is 5.89 Å². The van der Waals surface area contributed by atoms with E-state index in [9.17, 15) is 0 Å². The molecule has 6 aromatic rings. The number of aromatic nitrogens is 2. The lowest BCUT2D eigenvalue weighted by Crippen LogP contribution is -1.95. The topological polar surface area (TPSA) is 31.0 Å². The van der Waals surface area contributed by atoms with Gasteiger partial charge in [0.1, 0.15) is 5.52 Å². The standard InChI is InChI=1S/C29H24N2O/c1-19(2)17-20-11-16-27-24(18-20)23-7-3-5-9-26(23)31(27)22-14-12-21(13-15-22)29-30-25-8-4-6-10-28(25)32-29/h3-16,18-19H,17H2,1-2H3.